The first-order chi connectivity index (χ1) is 11.9. The van der Waals surface area contributed by atoms with Crippen LogP contribution in [0.1, 0.15) is 45.1 Å². The van der Waals surface area contributed by atoms with Gasteiger partial charge in [0.25, 0.3) is 5.91 Å². The van der Waals surface area contributed by atoms with Gasteiger partial charge >= 0.3 is 6.03 Å². The molecule has 2 aliphatic heterocycles. The minimum atomic E-state index is -0.720. The van der Waals surface area contributed by atoms with Crippen molar-refractivity contribution in [1.29, 1.82) is 0 Å². The standard InChI is InChI=1S/C18H29N5O2/c1-13(2)4-7-18(16(24)20-17(25)21-18)15-5-8-23(9-6-15)12-14-10-19-22(3)11-14/h10-11,13,15H,4-9,12H2,1-3H3,(H2,20,21,24,25). The molecule has 1 atom stereocenters. The van der Waals surface area contributed by atoms with Crippen molar-refractivity contribution in [2.45, 2.75) is 51.6 Å². The molecule has 25 heavy (non-hydrogen) atoms. The van der Waals surface area contributed by atoms with Gasteiger partial charge in [-0.3, -0.25) is 19.7 Å². The molecule has 1 aromatic heterocycles. The maximum Gasteiger partial charge on any atom is 0.322 e. The van der Waals surface area contributed by atoms with Crippen LogP contribution in [0.15, 0.2) is 12.4 Å². The molecule has 3 amide bonds. The highest BCUT2D eigenvalue weighted by molar-refractivity contribution is 6.07. The topological polar surface area (TPSA) is 79.3 Å². The van der Waals surface area contributed by atoms with Gasteiger partial charge in [-0.1, -0.05) is 13.8 Å². The first kappa shape index (κ1) is 17.9. The summed E-state index contributed by atoms with van der Waals surface area (Å²) < 4.78 is 1.82. The van der Waals surface area contributed by atoms with Crippen LogP contribution < -0.4 is 10.6 Å². The smallest absolute Gasteiger partial charge is 0.322 e. The zero-order chi connectivity index (χ0) is 18.0. The van der Waals surface area contributed by atoms with Crippen LogP contribution in [-0.4, -0.2) is 45.2 Å². The molecule has 2 aliphatic rings. The van der Waals surface area contributed by atoms with E-state index in [9.17, 15) is 9.59 Å². The number of urea groups is 1. The number of hydrogen-bond donors (Lipinski definition) is 2. The fourth-order valence-corrected chi connectivity index (χ4v) is 4.08. The minimum Gasteiger partial charge on any atom is -0.323 e. The Bertz CT molecular complexity index is 633. The summed E-state index contributed by atoms with van der Waals surface area (Å²) in [5.74, 6) is 0.569. The van der Waals surface area contributed by atoms with E-state index in [1.54, 1.807) is 0 Å². The average molecular weight is 347 g/mol. The lowest BCUT2D eigenvalue weighted by Crippen LogP contribution is -2.56. The van der Waals surface area contributed by atoms with E-state index in [0.717, 1.165) is 45.3 Å². The van der Waals surface area contributed by atoms with Crippen LogP contribution in [0.4, 0.5) is 4.79 Å². The number of carbonyl (C=O) groups excluding carboxylic acids is 2. The van der Waals surface area contributed by atoms with Crippen LogP contribution in [-0.2, 0) is 18.4 Å². The molecule has 1 unspecified atom stereocenters. The van der Waals surface area contributed by atoms with E-state index < -0.39 is 5.54 Å². The van der Waals surface area contributed by atoms with E-state index in [4.69, 9.17) is 0 Å². The molecular weight excluding hydrogens is 318 g/mol. The van der Waals surface area contributed by atoms with Gasteiger partial charge in [0.2, 0.25) is 0 Å². The van der Waals surface area contributed by atoms with Crippen molar-refractivity contribution in [1.82, 2.24) is 25.3 Å². The number of nitrogens with zero attached hydrogens (tertiary/aromatic N) is 3. The largest absolute Gasteiger partial charge is 0.323 e. The van der Waals surface area contributed by atoms with E-state index in [1.807, 2.05) is 24.1 Å². The van der Waals surface area contributed by atoms with Gasteiger partial charge in [-0.15, -0.1) is 0 Å². The van der Waals surface area contributed by atoms with Crippen molar-refractivity contribution < 1.29 is 9.59 Å². The lowest BCUT2D eigenvalue weighted by molar-refractivity contribution is -0.127. The van der Waals surface area contributed by atoms with Crippen LogP contribution in [0.5, 0.6) is 0 Å². The van der Waals surface area contributed by atoms with Crippen molar-refractivity contribution in [3.63, 3.8) is 0 Å². The Labute approximate surface area is 149 Å². The predicted molar refractivity (Wildman–Crippen MR) is 94.7 cm³/mol. The Balaban J connectivity index is 1.63. The summed E-state index contributed by atoms with van der Waals surface area (Å²) in [6.07, 6.45) is 7.44. The Morgan fingerprint density at radius 1 is 1.32 bits per heavy atom. The summed E-state index contributed by atoms with van der Waals surface area (Å²) in [4.78, 5) is 26.8. The molecule has 3 heterocycles. The van der Waals surface area contributed by atoms with E-state index in [1.165, 1.54) is 5.56 Å². The van der Waals surface area contributed by atoms with Crippen LogP contribution in [0, 0.1) is 11.8 Å². The van der Waals surface area contributed by atoms with E-state index in [0.29, 0.717) is 5.92 Å². The number of likely N-dealkylation sites (tertiary alicyclic amines) is 1. The summed E-state index contributed by atoms with van der Waals surface area (Å²) in [7, 11) is 1.93. The molecule has 7 nitrogen and oxygen atoms in total. The van der Waals surface area contributed by atoms with Crippen molar-refractivity contribution >= 4 is 11.9 Å². The number of imide groups is 1. The normalized spacial score (nSPS) is 25.4. The molecule has 3 rings (SSSR count). The number of rotatable bonds is 6. The zero-order valence-corrected chi connectivity index (χ0v) is 15.4. The number of hydrogen-bond acceptors (Lipinski definition) is 4. The monoisotopic (exact) mass is 347 g/mol. The molecule has 2 fully saturated rings. The fraction of sp³-hybridized carbons (Fsp3) is 0.722. The Morgan fingerprint density at radius 3 is 2.56 bits per heavy atom. The number of carbonyl (C=O) groups is 2. The lowest BCUT2D eigenvalue weighted by Gasteiger charge is -2.41. The number of amides is 3. The van der Waals surface area contributed by atoms with Crippen molar-refractivity contribution in [2.75, 3.05) is 13.1 Å². The fourth-order valence-electron chi connectivity index (χ4n) is 4.08. The van der Waals surface area contributed by atoms with Crippen molar-refractivity contribution in [3.8, 4) is 0 Å². The summed E-state index contributed by atoms with van der Waals surface area (Å²) in [6.45, 7) is 7.06. The number of piperidine rings is 1. The summed E-state index contributed by atoms with van der Waals surface area (Å²) in [5, 5.41) is 9.67. The number of aryl methyl sites for hydroxylation is 1. The van der Waals surface area contributed by atoms with Gasteiger partial charge in [0.1, 0.15) is 5.54 Å². The minimum absolute atomic E-state index is 0.135. The maximum absolute atomic E-state index is 12.6. The Hall–Kier alpha value is -1.89. The van der Waals surface area contributed by atoms with Crippen LogP contribution in [0.25, 0.3) is 0 Å². The van der Waals surface area contributed by atoms with Gasteiger partial charge in [0.05, 0.1) is 6.20 Å². The summed E-state index contributed by atoms with van der Waals surface area (Å²) in [5.41, 5.74) is 0.490. The van der Waals surface area contributed by atoms with Gasteiger partial charge in [0.15, 0.2) is 0 Å². The molecule has 0 aromatic carbocycles. The second kappa shape index (κ2) is 7.15. The molecule has 1 aromatic rings. The molecule has 7 heteroatoms. The molecule has 0 radical (unpaired) electrons. The summed E-state index contributed by atoms with van der Waals surface area (Å²) >= 11 is 0. The molecule has 0 aliphatic carbocycles. The van der Waals surface area contributed by atoms with Crippen LogP contribution in [0.2, 0.25) is 0 Å². The van der Waals surface area contributed by atoms with Crippen LogP contribution >= 0.6 is 0 Å². The van der Waals surface area contributed by atoms with Crippen molar-refractivity contribution in [3.05, 3.63) is 18.0 Å². The number of aromatic nitrogens is 2. The quantitative estimate of drug-likeness (QED) is 0.767. The molecule has 2 N–H and O–H groups in total. The molecule has 0 bridgehead atoms. The third kappa shape index (κ3) is 3.86. The molecule has 0 saturated carbocycles. The molecule has 138 valence electrons. The Morgan fingerprint density at radius 2 is 2.04 bits per heavy atom. The zero-order valence-electron chi connectivity index (χ0n) is 15.4. The molecule has 0 spiro atoms. The predicted octanol–water partition coefficient (Wildman–Crippen LogP) is 1.65. The second-order valence-corrected chi connectivity index (χ2v) is 7.88. The van der Waals surface area contributed by atoms with Gasteiger partial charge in [-0.05, 0) is 50.6 Å². The van der Waals surface area contributed by atoms with Crippen molar-refractivity contribution in [2.24, 2.45) is 18.9 Å². The first-order valence-electron chi connectivity index (χ1n) is 9.22. The summed E-state index contributed by atoms with van der Waals surface area (Å²) in [6, 6.07) is -0.341. The molecular formula is C18H29N5O2. The first-order valence-corrected chi connectivity index (χ1v) is 9.22. The van der Waals surface area contributed by atoms with Gasteiger partial charge in [-0.2, -0.15) is 5.10 Å². The Kier molecular flexibility index (Phi) is 5.13. The molecule has 2 saturated heterocycles. The third-order valence-electron chi connectivity index (χ3n) is 5.53. The second-order valence-electron chi connectivity index (χ2n) is 7.88. The van der Waals surface area contributed by atoms with Gasteiger partial charge in [0, 0.05) is 25.4 Å². The SMILES string of the molecule is CC(C)CCC1(C2CCN(Cc3cnn(C)c3)CC2)NC(=O)NC1=O. The third-order valence-corrected chi connectivity index (χ3v) is 5.53. The average Bonchev–Trinajstić information content (AvgIpc) is 3.09. The van der Waals surface area contributed by atoms with E-state index >= 15 is 0 Å². The highest BCUT2D eigenvalue weighted by Gasteiger charge is 2.51. The number of nitrogens with one attached hydrogen (secondary N) is 2. The van der Waals surface area contributed by atoms with E-state index in [-0.39, 0.29) is 17.9 Å². The van der Waals surface area contributed by atoms with E-state index in [2.05, 4.69) is 34.5 Å². The van der Waals surface area contributed by atoms with Crippen LogP contribution in [0.3, 0.4) is 0 Å². The maximum atomic E-state index is 12.6. The van der Waals surface area contributed by atoms with Gasteiger partial charge < -0.3 is 5.32 Å². The highest BCUT2D eigenvalue weighted by Crippen LogP contribution is 2.35. The van der Waals surface area contributed by atoms with Gasteiger partial charge in [-0.25, -0.2) is 4.79 Å². The highest BCUT2D eigenvalue weighted by atomic mass is 16.2. The lowest BCUT2D eigenvalue weighted by atomic mass is 9.74.